The lowest BCUT2D eigenvalue weighted by atomic mass is 9.71. The molecule has 0 aliphatic heterocycles. The Morgan fingerprint density at radius 2 is 0.706 bits per heavy atom. The summed E-state index contributed by atoms with van der Waals surface area (Å²) in [6, 6.07) is 0. The first-order valence-electron chi connectivity index (χ1n) is 8.40. The van der Waals surface area contributed by atoms with Crippen molar-refractivity contribution in [2.45, 2.75) is 83.5 Å². The molecule has 5 fully saturated rings. The molecule has 5 aliphatic carbocycles. The lowest BCUT2D eigenvalue weighted by Crippen LogP contribution is -2.21. The highest BCUT2D eigenvalue weighted by atomic mass is 14.3. The molecule has 0 heteroatoms. The van der Waals surface area contributed by atoms with Crippen LogP contribution in [0.3, 0.4) is 0 Å². The highest BCUT2D eigenvalue weighted by Gasteiger charge is 2.26. The van der Waals surface area contributed by atoms with Crippen LogP contribution < -0.4 is 0 Å². The summed E-state index contributed by atoms with van der Waals surface area (Å²) >= 11 is 0. The smallest absolute Gasteiger partial charge is 0.0412 e. The van der Waals surface area contributed by atoms with Crippen LogP contribution in [0.4, 0.5) is 0 Å². The maximum absolute atomic E-state index is 1.58. The van der Waals surface area contributed by atoms with Crippen molar-refractivity contribution in [1.82, 2.24) is 0 Å². The van der Waals surface area contributed by atoms with Crippen LogP contribution in [-0.2, 0) is 0 Å². The van der Waals surface area contributed by atoms with Gasteiger partial charge in [0.05, 0.1) is 0 Å². The number of rotatable bonds is 0. The number of fused-ring (bicyclic) bond motifs is 5. The topological polar surface area (TPSA) is 0 Å². The molecule has 5 aliphatic rings. The molecular formula is C17H30. The molecule has 0 radical (unpaired) electrons. The Balaban J connectivity index is 0.000000107. The second-order valence-electron chi connectivity index (χ2n) is 7.29. The molecular weight excluding hydrogens is 204 g/mol. The summed E-state index contributed by atoms with van der Waals surface area (Å²) in [5.74, 6) is 4.61. The van der Waals surface area contributed by atoms with E-state index in [4.69, 9.17) is 0 Å². The van der Waals surface area contributed by atoms with Gasteiger partial charge in [0.1, 0.15) is 0 Å². The summed E-state index contributed by atoms with van der Waals surface area (Å²) in [5, 5.41) is 0. The molecule has 0 atom stereocenters. The van der Waals surface area contributed by atoms with E-state index in [9.17, 15) is 0 Å². The lowest BCUT2D eigenvalue weighted by Gasteiger charge is -2.35. The zero-order chi connectivity index (χ0) is 11.5. The Hall–Kier alpha value is 0. The molecule has 0 aromatic heterocycles. The fourth-order valence-corrected chi connectivity index (χ4v) is 4.90. The fourth-order valence-electron chi connectivity index (χ4n) is 4.90. The number of hydrogen-bond donors (Lipinski definition) is 0. The summed E-state index contributed by atoms with van der Waals surface area (Å²) in [5.41, 5.74) is 0. The van der Waals surface area contributed by atoms with Gasteiger partial charge < -0.3 is 0 Å². The van der Waals surface area contributed by atoms with Crippen LogP contribution >= 0.6 is 0 Å². The minimum Gasteiger partial charge on any atom is -0.0528 e. The zero-order valence-electron chi connectivity index (χ0n) is 11.5. The minimum atomic E-state index is 1.15. The maximum atomic E-state index is 1.58. The van der Waals surface area contributed by atoms with Gasteiger partial charge in [-0.3, -0.25) is 0 Å². The van der Waals surface area contributed by atoms with E-state index in [-0.39, 0.29) is 0 Å². The molecule has 5 rings (SSSR count). The largest absolute Gasteiger partial charge is 0.0528 e. The van der Waals surface area contributed by atoms with Gasteiger partial charge in [0.2, 0.25) is 0 Å². The normalized spacial score (nSPS) is 43.8. The first-order chi connectivity index (χ1) is 8.40. The Morgan fingerprint density at radius 1 is 0.353 bits per heavy atom. The van der Waals surface area contributed by atoms with Gasteiger partial charge in [0.15, 0.2) is 0 Å². The van der Waals surface area contributed by atoms with Crippen LogP contribution in [0.1, 0.15) is 83.5 Å². The molecule has 0 heterocycles. The summed E-state index contributed by atoms with van der Waals surface area (Å²) < 4.78 is 0. The fraction of sp³-hybridized carbons (Fsp3) is 1.00. The molecule has 0 nitrogen and oxygen atoms in total. The molecule has 0 amide bonds. The molecule has 0 unspecified atom stereocenters. The molecule has 5 saturated carbocycles. The van der Waals surface area contributed by atoms with E-state index < -0.39 is 0 Å². The van der Waals surface area contributed by atoms with Crippen LogP contribution in [0.2, 0.25) is 0 Å². The first kappa shape index (κ1) is 12.1. The van der Waals surface area contributed by atoms with E-state index in [2.05, 4.69) is 0 Å². The number of hydrogen-bond acceptors (Lipinski definition) is 0. The predicted molar refractivity (Wildman–Crippen MR) is 74.0 cm³/mol. The average Bonchev–Trinajstić information content (AvgIpc) is 2.42. The van der Waals surface area contributed by atoms with Crippen molar-refractivity contribution >= 4 is 0 Å². The van der Waals surface area contributed by atoms with Crippen LogP contribution in [0, 0.1) is 23.7 Å². The quantitative estimate of drug-likeness (QED) is 0.514. The molecule has 0 N–H and O–H groups in total. The van der Waals surface area contributed by atoms with Gasteiger partial charge in [-0.15, -0.1) is 0 Å². The van der Waals surface area contributed by atoms with Crippen molar-refractivity contribution in [1.29, 1.82) is 0 Å². The van der Waals surface area contributed by atoms with E-state index in [1.165, 1.54) is 12.8 Å². The highest BCUT2D eigenvalue weighted by Crippen LogP contribution is 2.40. The van der Waals surface area contributed by atoms with Crippen molar-refractivity contribution in [3.05, 3.63) is 0 Å². The van der Waals surface area contributed by atoms with Crippen molar-refractivity contribution in [2.75, 3.05) is 0 Å². The standard InChI is InChI=1S/C9H16.C8H14/c1-3-8-5-2-6-9(4-1)7-8;1-2-8-5-3-7(1)4-6-8/h8-9H,1-7H2;7-8H,1-6H2. The van der Waals surface area contributed by atoms with Gasteiger partial charge in [-0.2, -0.15) is 0 Å². The van der Waals surface area contributed by atoms with Gasteiger partial charge in [-0.1, -0.05) is 77.0 Å². The third-order valence-corrected chi connectivity index (χ3v) is 6.07. The molecule has 0 spiro atoms. The van der Waals surface area contributed by atoms with Gasteiger partial charge in [0, 0.05) is 0 Å². The summed E-state index contributed by atoms with van der Waals surface area (Å²) in [6.07, 6.45) is 20.2. The summed E-state index contributed by atoms with van der Waals surface area (Å²) in [7, 11) is 0. The third-order valence-electron chi connectivity index (χ3n) is 6.07. The SMILES string of the molecule is C1CC2CCC1CC2.C1CC2CCCC(C1)C2. The highest BCUT2D eigenvalue weighted by molar-refractivity contribution is 4.79. The zero-order valence-corrected chi connectivity index (χ0v) is 11.5. The Kier molecular flexibility index (Phi) is 4.08. The Morgan fingerprint density at radius 3 is 0.941 bits per heavy atom. The average molecular weight is 234 g/mol. The van der Waals surface area contributed by atoms with Gasteiger partial charge >= 0.3 is 0 Å². The van der Waals surface area contributed by atoms with Crippen LogP contribution in [0.15, 0.2) is 0 Å². The van der Waals surface area contributed by atoms with Crippen molar-refractivity contribution in [3.8, 4) is 0 Å². The van der Waals surface area contributed by atoms with Gasteiger partial charge in [-0.05, 0) is 30.1 Å². The lowest BCUT2D eigenvalue weighted by molar-refractivity contribution is 0.176. The Bertz CT molecular complexity index is 181. The van der Waals surface area contributed by atoms with Crippen molar-refractivity contribution < 1.29 is 0 Å². The minimum absolute atomic E-state index is 1.15. The van der Waals surface area contributed by atoms with E-state index in [0.717, 1.165) is 23.7 Å². The Labute approximate surface area is 108 Å². The first-order valence-corrected chi connectivity index (χ1v) is 8.40. The van der Waals surface area contributed by atoms with E-state index in [1.54, 1.807) is 70.6 Å². The summed E-state index contributed by atoms with van der Waals surface area (Å²) in [4.78, 5) is 0. The molecule has 0 saturated heterocycles. The maximum Gasteiger partial charge on any atom is -0.0412 e. The predicted octanol–water partition coefficient (Wildman–Crippen LogP) is 5.56. The van der Waals surface area contributed by atoms with Gasteiger partial charge in [-0.25, -0.2) is 0 Å². The third kappa shape index (κ3) is 3.26. The molecule has 0 aromatic rings. The molecule has 0 aromatic carbocycles. The summed E-state index contributed by atoms with van der Waals surface area (Å²) in [6.45, 7) is 0. The molecule has 17 heavy (non-hydrogen) atoms. The van der Waals surface area contributed by atoms with Crippen LogP contribution in [-0.4, -0.2) is 0 Å². The van der Waals surface area contributed by atoms with E-state index in [1.807, 2.05) is 0 Å². The van der Waals surface area contributed by atoms with Crippen molar-refractivity contribution in [3.63, 3.8) is 0 Å². The molecule has 4 bridgehead atoms. The monoisotopic (exact) mass is 234 g/mol. The molecule has 98 valence electrons. The second kappa shape index (κ2) is 5.76. The van der Waals surface area contributed by atoms with E-state index in [0.29, 0.717) is 0 Å². The van der Waals surface area contributed by atoms with Gasteiger partial charge in [0.25, 0.3) is 0 Å². The second-order valence-corrected chi connectivity index (χ2v) is 7.29. The van der Waals surface area contributed by atoms with Crippen LogP contribution in [0.5, 0.6) is 0 Å². The van der Waals surface area contributed by atoms with E-state index >= 15 is 0 Å². The van der Waals surface area contributed by atoms with Crippen LogP contribution in [0.25, 0.3) is 0 Å². The van der Waals surface area contributed by atoms with Crippen molar-refractivity contribution in [2.24, 2.45) is 23.7 Å².